The molecule has 0 fully saturated rings. The van der Waals surface area contributed by atoms with Crippen molar-refractivity contribution < 1.29 is 4.79 Å². The van der Waals surface area contributed by atoms with Gasteiger partial charge in [0.15, 0.2) is 5.16 Å². The molecule has 0 aliphatic heterocycles. The quantitative estimate of drug-likeness (QED) is 0.304. The number of nitriles is 1. The minimum Gasteiger partial charge on any atom is -0.325 e. The predicted molar refractivity (Wildman–Crippen MR) is 132 cm³/mol. The van der Waals surface area contributed by atoms with Crippen molar-refractivity contribution in [1.82, 2.24) is 9.55 Å². The molecule has 0 radical (unpaired) electrons. The molecule has 0 spiro atoms. The van der Waals surface area contributed by atoms with Gasteiger partial charge in [0.05, 0.1) is 28.3 Å². The Morgan fingerprint density at radius 3 is 2.52 bits per heavy atom. The summed E-state index contributed by atoms with van der Waals surface area (Å²) in [5.41, 5.74) is 2.64. The third-order valence-electron chi connectivity index (χ3n) is 4.99. The number of nitrogens with zero attached hydrogens (tertiary/aromatic N) is 3. The van der Waals surface area contributed by atoms with Crippen LogP contribution in [-0.4, -0.2) is 21.2 Å². The Labute approximate surface area is 199 Å². The van der Waals surface area contributed by atoms with Crippen molar-refractivity contribution in [2.45, 2.75) is 18.1 Å². The van der Waals surface area contributed by atoms with Crippen LogP contribution in [0.3, 0.4) is 0 Å². The largest absolute Gasteiger partial charge is 0.325 e. The van der Waals surface area contributed by atoms with Crippen molar-refractivity contribution in [3.8, 4) is 6.07 Å². The highest BCUT2D eigenvalue weighted by atomic mass is 35.5. The lowest BCUT2D eigenvalue weighted by Crippen LogP contribution is -2.25. The van der Waals surface area contributed by atoms with Gasteiger partial charge in [-0.1, -0.05) is 47.6 Å². The molecule has 0 aliphatic carbocycles. The molecule has 1 aromatic heterocycles. The van der Waals surface area contributed by atoms with Crippen LogP contribution in [0.25, 0.3) is 10.9 Å². The molecule has 0 bridgehead atoms. The lowest BCUT2D eigenvalue weighted by molar-refractivity contribution is -0.113. The minimum atomic E-state index is -0.226. The van der Waals surface area contributed by atoms with E-state index in [2.05, 4.69) is 10.3 Å². The monoisotopic (exact) mass is 474 g/mol. The van der Waals surface area contributed by atoms with Gasteiger partial charge in [-0.3, -0.25) is 14.2 Å². The van der Waals surface area contributed by atoms with Gasteiger partial charge in [0.1, 0.15) is 0 Å². The number of thioether (sulfide) groups is 1. The Bertz CT molecular complexity index is 1390. The zero-order valence-electron chi connectivity index (χ0n) is 17.5. The highest BCUT2D eigenvalue weighted by Crippen LogP contribution is 2.19. The van der Waals surface area contributed by atoms with E-state index >= 15 is 0 Å². The lowest BCUT2D eigenvalue weighted by Gasteiger charge is -2.13. The second-order valence-electron chi connectivity index (χ2n) is 7.27. The minimum absolute atomic E-state index is 0.0890. The van der Waals surface area contributed by atoms with E-state index in [-0.39, 0.29) is 17.2 Å². The number of anilines is 1. The Morgan fingerprint density at radius 1 is 1.06 bits per heavy atom. The van der Waals surface area contributed by atoms with Gasteiger partial charge in [-0.15, -0.1) is 0 Å². The van der Waals surface area contributed by atoms with E-state index in [9.17, 15) is 9.59 Å². The molecule has 1 N–H and O–H groups in total. The maximum atomic E-state index is 13.2. The van der Waals surface area contributed by atoms with Crippen LogP contribution in [-0.2, 0) is 17.8 Å². The fraction of sp³-hybridized carbons (Fsp3) is 0.120. The van der Waals surface area contributed by atoms with E-state index in [0.29, 0.717) is 45.3 Å². The first-order valence-electron chi connectivity index (χ1n) is 10.2. The van der Waals surface area contributed by atoms with E-state index in [0.717, 1.165) is 5.56 Å². The fourth-order valence-corrected chi connectivity index (χ4v) is 4.25. The molecule has 0 unspecified atom stereocenters. The SMILES string of the molecule is N#Cc1ccc(NC(=O)CSc2nc3ccccc3c(=O)n2CCc2ccc(Cl)cc2)cc1. The van der Waals surface area contributed by atoms with Crippen LogP contribution in [0.5, 0.6) is 0 Å². The molecule has 33 heavy (non-hydrogen) atoms. The van der Waals surface area contributed by atoms with Crippen LogP contribution in [0.2, 0.25) is 5.02 Å². The summed E-state index contributed by atoms with van der Waals surface area (Å²) in [5.74, 6) is -0.137. The van der Waals surface area contributed by atoms with Crippen LogP contribution in [0.15, 0.2) is 82.7 Å². The summed E-state index contributed by atoms with van der Waals surface area (Å²) in [7, 11) is 0. The number of nitrogens with one attached hydrogen (secondary N) is 1. The van der Waals surface area contributed by atoms with Gasteiger partial charge in [-0.05, 0) is 60.5 Å². The zero-order chi connectivity index (χ0) is 23.2. The lowest BCUT2D eigenvalue weighted by atomic mass is 10.1. The van der Waals surface area contributed by atoms with E-state index in [1.165, 1.54) is 11.8 Å². The summed E-state index contributed by atoms with van der Waals surface area (Å²) in [6, 6.07) is 23.4. The number of hydrogen-bond donors (Lipinski definition) is 1. The van der Waals surface area contributed by atoms with E-state index in [1.54, 1.807) is 41.0 Å². The van der Waals surface area contributed by atoms with E-state index in [1.807, 2.05) is 42.5 Å². The highest BCUT2D eigenvalue weighted by molar-refractivity contribution is 7.99. The molecule has 1 heterocycles. The van der Waals surface area contributed by atoms with Crippen molar-refractivity contribution >= 4 is 45.9 Å². The van der Waals surface area contributed by atoms with Crippen LogP contribution in [0, 0.1) is 11.3 Å². The Balaban J connectivity index is 1.53. The van der Waals surface area contributed by atoms with Gasteiger partial charge < -0.3 is 5.32 Å². The number of hydrogen-bond acceptors (Lipinski definition) is 5. The first kappa shape index (κ1) is 22.6. The highest BCUT2D eigenvalue weighted by Gasteiger charge is 2.14. The number of benzene rings is 3. The third-order valence-corrected chi connectivity index (χ3v) is 6.22. The standard InChI is InChI=1S/C25H19ClN4O2S/c26-19-9-5-17(6-10-19)13-14-30-24(32)21-3-1-2-4-22(21)29-25(30)33-16-23(31)28-20-11-7-18(15-27)8-12-20/h1-12H,13-14,16H2,(H,28,31). The summed E-state index contributed by atoms with van der Waals surface area (Å²) >= 11 is 7.18. The van der Waals surface area contributed by atoms with E-state index < -0.39 is 0 Å². The number of halogens is 1. The number of aromatic nitrogens is 2. The second-order valence-corrected chi connectivity index (χ2v) is 8.65. The topological polar surface area (TPSA) is 87.8 Å². The number of rotatable bonds is 7. The van der Waals surface area contributed by atoms with Gasteiger partial charge in [-0.2, -0.15) is 5.26 Å². The van der Waals surface area contributed by atoms with Crippen LogP contribution < -0.4 is 10.9 Å². The normalized spacial score (nSPS) is 10.7. The zero-order valence-corrected chi connectivity index (χ0v) is 19.1. The van der Waals surface area contributed by atoms with Gasteiger partial charge in [0.25, 0.3) is 5.56 Å². The van der Waals surface area contributed by atoms with Crippen LogP contribution in [0.1, 0.15) is 11.1 Å². The van der Waals surface area contributed by atoms with Gasteiger partial charge in [-0.25, -0.2) is 4.98 Å². The summed E-state index contributed by atoms with van der Waals surface area (Å²) in [6.07, 6.45) is 0.627. The maximum absolute atomic E-state index is 13.2. The number of para-hydroxylation sites is 1. The number of carbonyl (C=O) groups is 1. The number of fused-ring (bicyclic) bond motifs is 1. The molecule has 0 aliphatic rings. The van der Waals surface area contributed by atoms with E-state index in [4.69, 9.17) is 16.9 Å². The molecule has 4 rings (SSSR count). The predicted octanol–water partition coefficient (Wildman–Crippen LogP) is 4.90. The average Bonchev–Trinajstić information content (AvgIpc) is 2.84. The third kappa shape index (κ3) is 5.61. The Kier molecular flexibility index (Phi) is 7.08. The second kappa shape index (κ2) is 10.3. The van der Waals surface area contributed by atoms with Gasteiger partial charge in [0.2, 0.25) is 5.91 Å². The summed E-state index contributed by atoms with van der Waals surface area (Å²) in [5, 5.41) is 13.4. The number of carbonyl (C=O) groups excluding carboxylic acids is 1. The molecule has 0 saturated carbocycles. The smallest absolute Gasteiger partial charge is 0.262 e. The molecule has 1 amide bonds. The number of aryl methyl sites for hydroxylation is 1. The van der Waals surface area contributed by atoms with Gasteiger partial charge in [0, 0.05) is 17.3 Å². The van der Waals surface area contributed by atoms with Crippen LogP contribution >= 0.6 is 23.4 Å². The first-order chi connectivity index (χ1) is 16.0. The maximum Gasteiger partial charge on any atom is 0.262 e. The van der Waals surface area contributed by atoms with Crippen LogP contribution in [0.4, 0.5) is 5.69 Å². The molecule has 4 aromatic rings. The first-order valence-corrected chi connectivity index (χ1v) is 11.6. The summed E-state index contributed by atoms with van der Waals surface area (Å²) in [4.78, 5) is 30.3. The molecule has 0 saturated heterocycles. The van der Waals surface area contributed by atoms with Crippen molar-refractivity contribution in [1.29, 1.82) is 5.26 Å². The average molecular weight is 475 g/mol. The Hall–Kier alpha value is -3.60. The summed E-state index contributed by atoms with van der Waals surface area (Å²) in [6.45, 7) is 0.428. The van der Waals surface area contributed by atoms with Crippen molar-refractivity contribution in [2.24, 2.45) is 0 Å². The van der Waals surface area contributed by atoms with Gasteiger partial charge >= 0.3 is 0 Å². The molecule has 6 nitrogen and oxygen atoms in total. The molecule has 8 heteroatoms. The van der Waals surface area contributed by atoms with Crippen molar-refractivity contribution in [2.75, 3.05) is 11.1 Å². The molecule has 3 aromatic carbocycles. The molecular weight excluding hydrogens is 456 g/mol. The van der Waals surface area contributed by atoms with Crippen molar-refractivity contribution in [3.05, 3.63) is 99.3 Å². The molecular formula is C25H19ClN4O2S. The molecule has 0 atom stereocenters. The number of amides is 1. The molecule has 164 valence electrons. The summed E-state index contributed by atoms with van der Waals surface area (Å²) < 4.78 is 1.62. The fourth-order valence-electron chi connectivity index (χ4n) is 3.30. The van der Waals surface area contributed by atoms with Crippen molar-refractivity contribution in [3.63, 3.8) is 0 Å². The Morgan fingerprint density at radius 2 is 1.79 bits per heavy atom.